The standard InChI is InChI=1S/C19H18BNO6S/c22-19(10-11-28(25,26)15-6-2-1-3-7-15)21-18(20(23)24)12-14-13-27-17-9-5-4-8-16(14)17/h1-9,12-13,23-24H,10-11H2,(H,21,22)/b18-12+. The first kappa shape index (κ1) is 19.9. The molecule has 1 heterocycles. The van der Waals surface area contributed by atoms with E-state index in [1.165, 1.54) is 24.5 Å². The van der Waals surface area contributed by atoms with E-state index in [4.69, 9.17) is 4.42 Å². The zero-order valence-electron chi connectivity index (χ0n) is 14.8. The first-order valence-corrected chi connectivity index (χ1v) is 10.1. The summed E-state index contributed by atoms with van der Waals surface area (Å²) in [6.45, 7) is 0. The number of carbonyl (C=O) groups is 1. The normalized spacial score (nSPS) is 12.1. The van der Waals surface area contributed by atoms with Crippen LogP contribution in [0.2, 0.25) is 0 Å². The van der Waals surface area contributed by atoms with Crippen molar-refractivity contribution in [2.45, 2.75) is 11.3 Å². The Bertz CT molecular complexity index is 1110. The van der Waals surface area contributed by atoms with Crippen LogP contribution in [0.5, 0.6) is 0 Å². The van der Waals surface area contributed by atoms with Gasteiger partial charge in [-0.3, -0.25) is 4.79 Å². The van der Waals surface area contributed by atoms with Crippen molar-refractivity contribution in [2.24, 2.45) is 0 Å². The van der Waals surface area contributed by atoms with Crippen molar-refractivity contribution in [2.75, 3.05) is 5.75 Å². The lowest BCUT2D eigenvalue weighted by molar-refractivity contribution is -0.119. The zero-order valence-corrected chi connectivity index (χ0v) is 15.6. The molecule has 0 fully saturated rings. The predicted octanol–water partition coefficient (Wildman–Crippen LogP) is 1.77. The van der Waals surface area contributed by atoms with Gasteiger partial charge in [-0.25, -0.2) is 8.42 Å². The lowest BCUT2D eigenvalue weighted by Gasteiger charge is -2.09. The van der Waals surface area contributed by atoms with Gasteiger partial charge in [-0.1, -0.05) is 36.4 Å². The van der Waals surface area contributed by atoms with Crippen molar-refractivity contribution in [3.63, 3.8) is 0 Å². The number of furan rings is 1. The predicted molar refractivity (Wildman–Crippen MR) is 106 cm³/mol. The number of sulfone groups is 1. The van der Waals surface area contributed by atoms with Crippen molar-refractivity contribution >= 4 is 39.9 Å². The Labute approximate surface area is 162 Å². The maximum absolute atomic E-state index is 12.3. The second kappa shape index (κ2) is 8.43. The van der Waals surface area contributed by atoms with Crippen molar-refractivity contribution < 1.29 is 27.7 Å². The molecule has 0 radical (unpaired) electrons. The number of fused-ring (bicyclic) bond motifs is 1. The molecule has 3 N–H and O–H groups in total. The second-order valence-corrected chi connectivity index (χ2v) is 8.20. The van der Waals surface area contributed by atoms with Crippen LogP contribution in [-0.4, -0.2) is 37.2 Å². The second-order valence-electron chi connectivity index (χ2n) is 6.09. The van der Waals surface area contributed by atoms with Gasteiger partial charge in [0, 0.05) is 23.0 Å². The summed E-state index contributed by atoms with van der Waals surface area (Å²) in [5.41, 5.74) is 0.991. The molecule has 0 unspecified atom stereocenters. The van der Waals surface area contributed by atoms with Gasteiger partial charge in [-0.15, -0.1) is 0 Å². The van der Waals surface area contributed by atoms with E-state index in [1.807, 2.05) is 0 Å². The smallest absolute Gasteiger partial charge is 0.464 e. The lowest BCUT2D eigenvalue weighted by Crippen LogP contribution is -2.33. The fourth-order valence-corrected chi connectivity index (χ4v) is 3.91. The highest BCUT2D eigenvalue weighted by Crippen LogP contribution is 2.22. The lowest BCUT2D eigenvalue weighted by atomic mass is 9.84. The fourth-order valence-electron chi connectivity index (χ4n) is 2.65. The summed E-state index contributed by atoms with van der Waals surface area (Å²) in [6.07, 6.45) is 2.48. The Balaban J connectivity index is 1.71. The molecule has 0 bridgehead atoms. The van der Waals surface area contributed by atoms with Gasteiger partial charge in [0.25, 0.3) is 0 Å². The van der Waals surface area contributed by atoms with Gasteiger partial charge in [0.2, 0.25) is 5.91 Å². The van der Waals surface area contributed by atoms with Gasteiger partial charge in [0.1, 0.15) is 5.58 Å². The molecule has 0 aliphatic rings. The third kappa shape index (κ3) is 4.69. The summed E-state index contributed by atoms with van der Waals surface area (Å²) >= 11 is 0. The molecule has 2 aromatic carbocycles. The Morgan fingerprint density at radius 1 is 1.07 bits per heavy atom. The van der Waals surface area contributed by atoms with E-state index in [0.29, 0.717) is 11.1 Å². The van der Waals surface area contributed by atoms with Crippen LogP contribution in [0.3, 0.4) is 0 Å². The van der Waals surface area contributed by atoms with E-state index < -0.39 is 28.6 Å². The molecule has 9 heteroatoms. The van der Waals surface area contributed by atoms with E-state index in [-0.39, 0.29) is 16.9 Å². The molecule has 1 amide bonds. The van der Waals surface area contributed by atoms with Gasteiger partial charge in [0.05, 0.1) is 16.9 Å². The molecule has 3 rings (SSSR count). The van der Waals surface area contributed by atoms with Gasteiger partial charge in [-0.2, -0.15) is 0 Å². The summed E-state index contributed by atoms with van der Waals surface area (Å²) in [6, 6.07) is 15.0. The average molecular weight is 399 g/mol. The van der Waals surface area contributed by atoms with Gasteiger partial charge < -0.3 is 19.8 Å². The van der Waals surface area contributed by atoms with E-state index in [9.17, 15) is 23.3 Å². The topological polar surface area (TPSA) is 117 Å². The first-order valence-electron chi connectivity index (χ1n) is 8.48. The van der Waals surface area contributed by atoms with E-state index in [0.717, 1.165) is 5.39 Å². The fraction of sp³-hybridized carbons (Fsp3) is 0.105. The molecule has 144 valence electrons. The number of hydrogen-bond donors (Lipinski definition) is 3. The molecular weight excluding hydrogens is 381 g/mol. The monoisotopic (exact) mass is 399 g/mol. The van der Waals surface area contributed by atoms with Crippen molar-refractivity contribution in [1.82, 2.24) is 5.32 Å². The summed E-state index contributed by atoms with van der Waals surface area (Å²) in [5.74, 6) is -1.04. The summed E-state index contributed by atoms with van der Waals surface area (Å²) in [7, 11) is -5.55. The molecule has 1 aromatic heterocycles. The zero-order chi connectivity index (χ0) is 20.1. The van der Waals surface area contributed by atoms with Gasteiger partial charge in [0.15, 0.2) is 9.84 Å². The molecule has 0 atom stereocenters. The molecule has 3 aromatic rings. The van der Waals surface area contributed by atoms with Crippen molar-refractivity contribution in [1.29, 1.82) is 0 Å². The maximum Gasteiger partial charge on any atom is 0.505 e. The Hall–Kier alpha value is -2.88. The minimum atomic E-state index is -3.61. The third-order valence-electron chi connectivity index (χ3n) is 4.08. The minimum absolute atomic E-state index is 0.130. The van der Waals surface area contributed by atoms with E-state index in [2.05, 4.69) is 5.32 Å². The van der Waals surface area contributed by atoms with E-state index >= 15 is 0 Å². The number of hydrogen-bond acceptors (Lipinski definition) is 6. The summed E-state index contributed by atoms with van der Waals surface area (Å²) < 4.78 is 29.9. The van der Waals surface area contributed by atoms with Crippen LogP contribution in [0.4, 0.5) is 0 Å². The van der Waals surface area contributed by atoms with Crippen LogP contribution >= 0.6 is 0 Å². The highest BCUT2D eigenvalue weighted by molar-refractivity contribution is 7.91. The molecule has 0 aliphatic carbocycles. The Morgan fingerprint density at radius 3 is 2.46 bits per heavy atom. The average Bonchev–Trinajstić information content (AvgIpc) is 3.10. The minimum Gasteiger partial charge on any atom is -0.464 e. The van der Waals surface area contributed by atoms with E-state index in [1.54, 1.807) is 42.5 Å². The number of carbonyl (C=O) groups excluding carboxylic acids is 1. The highest BCUT2D eigenvalue weighted by atomic mass is 32.2. The molecule has 7 nitrogen and oxygen atoms in total. The molecule has 0 aliphatic heterocycles. The van der Waals surface area contributed by atoms with Crippen molar-refractivity contribution in [3.8, 4) is 0 Å². The van der Waals surface area contributed by atoms with Gasteiger partial charge in [-0.05, 0) is 24.3 Å². The molecule has 0 saturated carbocycles. The number of amides is 1. The number of rotatable bonds is 7. The van der Waals surface area contributed by atoms with Crippen LogP contribution < -0.4 is 5.32 Å². The summed E-state index contributed by atoms with van der Waals surface area (Å²) in [4.78, 5) is 12.3. The first-order chi connectivity index (χ1) is 13.4. The third-order valence-corrected chi connectivity index (χ3v) is 5.82. The van der Waals surface area contributed by atoms with Crippen LogP contribution in [0.15, 0.2) is 75.8 Å². The molecule has 0 spiro atoms. The number of benzene rings is 2. The Morgan fingerprint density at radius 2 is 1.75 bits per heavy atom. The Kier molecular flexibility index (Phi) is 5.98. The largest absolute Gasteiger partial charge is 0.505 e. The number of nitrogens with one attached hydrogen (secondary N) is 1. The number of para-hydroxylation sites is 1. The van der Waals surface area contributed by atoms with Crippen LogP contribution in [0.25, 0.3) is 17.0 Å². The van der Waals surface area contributed by atoms with Crippen LogP contribution in [0.1, 0.15) is 12.0 Å². The highest BCUT2D eigenvalue weighted by Gasteiger charge is 2.21. The van der Waals surface area contributed by atoms with Crippen LogP contribution in [-0.2, 0) is 14.6 Å². The molecule has 0 saturated heterocycles. The van der Waals surface area contributed by atoms with Gasteiger partial charge >= 0.3 is 7.12 Å². The van der Waals surface area contributed by atoms with Crippen LogP contribution in [0, 0.1) is 0 Å². The van der Waals surface area contributed by atoms with Crippen molar-refractivity contribution in [3.05, 3.63) is 72.0 Å². The summed E-state index contributed by atoms with van der Waals surface area (Å²) in [5, 5.41) is 22.2. The maximum atomic E-state index is 12.3. The quantitative estimate of drug-likeness (QED) is 0.522. The SMILES string of the molecule is O=C(CCS(=O)(=O)c1ccccc1)N/C(=C/c1coc2ccccc12)B(O)O. The molecular formula is C19H18BNO6S. The molecule has 28 heavy (non-hydrogen) atoms.